The Morgan fingerprint density at radius 3 is 2.89 bits per heavy atom. The second kappa shape index (κ2) is 2.17. The van der Waals surface area contributed by atoms with Crippen molar-refractivity contribution in [3.8, 4) is 0 Å². The number of rotatable bonds is 1. The van der Waals surface area contributed by atoms with E-state index in [4.69, 9.17) is 11.1 Å². The van der Waals surface area contributed by atoms with Crippen LogP contribution in [0.3, 0.4) is 0 Å². The molecule has 0 atom stereocenters. The predicted octanol–water partition coefficient (Wildman–Crippen LogP) is -1.04. The molecule has 1 aromatic rings. The number of nitrogens with two attached hydrogens (primary N) is 1. The van der Waals surface area contributed by atoms with Crippen molar-refractivity contribution in [3.63, 3.8) is 0 Å². The first-order chi connectivity index (χ1) is 4.30. The first-order valence-corrected chi connectivity index (χ1v) is 2.21. The summed E-state index contributed by atoms with van der Waals surface area (Å²) in [5.41, 5.74) is 5.01. The fraction of sp³-hybridized carbons (Fsp3) is 0. The van der Waals surface area contributed by atoms with Crippen molar-refractivity contribution < 1.29 is 0 Å². The molecular formula is C4H4N5. The molecule has 0 aliphatic heterocycles. The average Bonchev–Trinajstić information content (AvgIpc) is 1.90. The van der Waals surface area contributed by atoms with Crippen molar-refractivity contribution in [3.05, 3.63) is 18.2 Å². The maximum Gasteiger partial charge on any atom is 0.217 e. The molecule has 0 spiro atoms. The van der Waals surface area contributed by atoms with Crippen molar-refractivity contribution in [2.75, 3.05) is 0 Å². The lowest BCUT2D eigenvalue weighted by Crippen LogP contribution is -2.15. The molecule has 0 fully saturated rings. The maximum absolute atomic E-state index is 6.83. The summed E-state index contributed by atoms with van der Waals surface area (Å²) in [5, 5.41) is 13.7. The van der Waals surface area contributed by atoms with Crippen LogP contribution in [-0.4, -0.2) is 21.0 Å². The largest absolute Gasteiger partial charge is 0.381 e. The Balaban J connectivity index is 2.98. The third-order valence-electron chi connectivity index (χ3n) is 0.679. The standard InChI is InChI=1S/C4H4N5/c5-3(6)4-7-1-2-8-9-4/h2H,(H3,5,6). The molecule has 1 heterocycles. The van der Waals surface area contributed by atoms with Gasteiger partial charge in [-0.25, -0.2) is 4.98 Å². The molecule has 45 valence electrons. The minimum atomic E-state index is -0.195. The quantitative estimate of drug-likeness (QED) is 0.367. The Hall–Kier alpha value is -1.52. The monoisotopic (exact) mass is 122 g/mol. The van der Waals surface area contributed by atoms with Gasteiger partial charge in [0.25, 0.3) is 0 Å². The zero-order chi connectivity index (χ0) is 6.69. The summed E-state index contributed by atoms with van der Waals surface area (Å²) in [6.45, 7) is 0. The van der Waals surface area contributed by atoms with Crippen LogP contribution in [0.1, 0.15) is 5.82 Å². The topological polar surface area (TPSA) is 88.5 Å². The SMILES string of the molecule is N=C(N)c1n[c]cnn1. The van der Waals surface area contributed by atoms with Gasteiger partial charge in [-0.15, -0.1) is 5.10 Å². The lowest BCUT2D eigenvalue weighted by molar-refractivity contribution is 0.940. The number of nitrogens with zero attached hydrogens (tertiary/aromatic N) is 3. The van der Waals surface area contributed by atoms with Crippen LogP contribution < -0.4 is 5.73 Å². The van der Waals surface area contributed by atoms with Gasteiger partial charge < -0.3 is 5.73 Å². The number of hydrogen-bond donors (Lipinski definition) is 2. The highest BCUT2D eigenvalue weighted by atomic mass is 15.1. The van der Waals surface area contributed by atoms with Gasteiger partial charge in [0.05, 0.1) is 6.20 Å². The number of amidine groups is 1. The zero-order valence-electron chi connectivity index (χ0n) is 4.50. The van der Waals surface area contributed by atoms with Crippen molar-refractivity contribution in [2.24, 2.45) is 5.73 Å². The first kappa shape index (κ1) is 5.61. The minimum Gasteiger partial charge on any atom is -0.381 e. The van der Waals surface area contributed by atoms with Gasteiger partial charge in [-0.1, -0.05) is 0 Å². The molecule has 0 saturated carbocycles. The third-order valence-corrected chi connectivity index (χ3v) is 0.679. The molecule has 0 aliphatic carbocycles. The zero-order valence-corrected chi connectivity index (χ0v) is 4.50. The summed E-state index contributed by atoms with van der Waals surface area (Å²) >= 11 is 0. The van der Waals surface area contributed by atoms with Gasteiger partial charge in [0.1, 0.15) is 6.20 Å². The molecule has 1 aromatic heterocycles. The van der Waals surface area contributed by atoms with Crippen molar-refractivity contribution >= 4 is 5.84 Å². The predicted molar refractivity (Wildman–Crippen MR) is 29.7 cm³/mol. The van der Waals surface area contributed by atoms with E-state index in [1.807, 2.05) is 0 Å². The molecule has 1 radical (unpaired) electrons. The van der Waals surface area contributed by atoms with Gasteiger partial charge in [-0.3, -0.25) is 5.41 Å². The highest BCUT2D eigenvalue weighted by Crippen LogP contribution is 1.78. The molecule has 3 N–H and O–H groups in total. The van der Waals surface area contributed by atoms with Gasteiger partial charge in [0, 0.05) is 0 Å². The fourth-order valence-corrected chi connectivity index (χ4v) is 0.336. The lowest BCUT2D eigenvalue weighted by Gasteiger charge is -1.88. The minimum absolute atomic E-state index is 0.109. The Labute approximate surface area is 51.4 Å². The van der Waals surface area contributed by atoms with Crippen LogP contribution in [0.4, 0.5) is 0 Å². The number of aromatic nitrogens is 3. The van der Waals surface area contributed by atoms with Gasteiger partial charge in [-0.05, 0) is 0 Å². The van der Waals surface area contributed by atoms with Crippen molar-refractivity contribution in [1.82, 2.24) is 15.2 Å². The van der Waals surface area contributed by atoms with Crippen LogP contribution in [0, 0.1) is 11.6 Å². The number of nitrogen functional groups attached to an aromatic ring is 1. The van der Waals surface area contributed by atoms with E-state index < -0.39 is 0 Å². The van der Waals surface area contributed by atoms with E-state index >= 15 is 0 Å². The van der Waals surface area contributed by atoms with Crippen LogP contribution in [0.25, 0.3) is 0 Å². The summed E-state index contributed by atoms with van der Waals surface area (Å²) in [7, 11) is 0. The van der Waals surface area contributed by atoms with E-state index in [0.717, 1.165) is 0 Å². The van der Waals surface area contributed by atoms with Crippen LogP contribution in [0.2, 0.25) is 0 Å². The molecule has 9 heavy (non-hydrogen) atoms. The third kappa shape index (κ3) is 1.18. The van der Waals surface area contributed by atoms with E-state index in [9.17, 15) is 0 Å². The van der Waals surface area contributed by atoms with Gasteiger partial charge in [0.2, 0.25) is 5.82 Å². The highest BCUT2D eigenvalue weighted by molar-refractivity contribution is 5.90. The number of nitrogens with one attached hydrogen (secondary N) is 1. The molecular weight excluding hydrogens is 118 g/mol. The van der Waals surface area contributed by atoms with E-state index in [1.165, 1.54) is 6.20 Å². The van der Waals surface area contributed by atoms with Crippen LogP contribution in [0.5, 0.6) is 0 Å². The van der Waals surface area contributed by atoms with Gasteiger partial charge in [-0.2, -0.15) is 5.10 Å². The Morgan fingerprint density at radius 2 is 2.56 bits per heavy atom. The van der Waals surface area contributed by atoms with Crippen molar-refractivity contribution in [1.29, 1.82) is 5.41 Å². The fourth-order valence-electron chi connectivity index (χ4n) is 0.336. The van der Waals surface area contributed by atoms with Gasteiger partial charge >= 0.3 is 0 Å². The Bertz CT molecular complexity index is 205. The second-order valence-electron chi connectivity index (χ2n) is 1.32. The second-order valence-corrected chi connectivity index (χ2v) is 1.32. The maximum atomic E-state index is 6.83. The molecule has 0 aliphatic rings. The van der Waals surface area contributed by atoms with E-state index in [0.29, 0.717) is 0 Å². The summed E-state index contributed by atoms with van der Waals surface area (Å²) < 4.78 is 0. The molecule has 0 bridgehead atoms. The summed E-state index contributed by atoms with van der Waals surface area (Å²) in [5.74, 6) is -0.0862. The van der Waals surface area contributed by atoms with Crippen molar-refractivity contribution in [2.45, 2.75) is 0 Å². The molecule has 0 aromatic carbocycles. The molecule has 1 rings (SSSR count). The first-order valence-electron chi connectivity index (χ1n) is 2.21. The summed E-state index contributed by atoms with van der Waals surface area (Å²) in [4.78, 5) is 3.53. The Kier molecular flexibility index (Phi) is 1.35. The van der Waals surface area contributed by atoms with Crippen LogP contribution in [-0.2, 0) is 0 Å². The average molecular weight is 122 g/mol. The van der Waals surface area contributed by atoms with Crippen LogP contribution >= 0.6 is 0 Å². The molecule has 0 amide bonds. The van der Waals surface area contributed by atoms with E-state index in [2.05, 4.69) is 21.4 Å². The number of hydrogen-bond acceptors (Lipinski definition) is 4. The normalized spacial score (nSPS) is 8.89. The van der Waals surface area contributed by atoms with Crippen LogP contribution in [0.15, 0.2) is 6.20 Å². The summed E-state index contributed by atoms with van der Waals surface area (Å²) in [6.07, 6.45) is 3.70. The smallest absolute Gasteiger partial charge is 0.217 e. The Morgan fingerprint density at radius 1 is 1.78 bits per heavy atom. The van der Waals surface area contributed by atoms with E-state index in [1.54, 1.807) is 0 Å². The lowest BCUT2D eigenvalue weighted by atomic mass is 10.6. The highest BCUT2D eigenvalue weighted by Gasteiger charge is 1.95. The molecule has 0 saturated heterocycles. The molecule has 0 unspecified atom stereocenters. The van der Waals surface area contributed by atoms with Gasteiger partial charge in [0.15, 0.2) is 5.84 Å². The molecule has 5 heteroatoms. The molecule has 5 nitrogen and oxygen atoms in total. The van der Waals surface area contributed by atoms with E-state index in [-0.39, 0.29) is 11.7 Å². The summed E-state index contributed by atoms with van der Waals surface area (Å²) in [6, 6.07) is 0.